The van der Waals surface area contributed by atoms with E-state index in [2.05, 4.69) is 26.5 Å². The Labute approximate surface area is 301 Å². The van der Waals surface area contributed by atoms with Gasteiger partial charge in [-0.05, 0) is 68.0 Å². The molecule has 2 aromatic carbocycles. The van der Waals surface area contributed by atoms with Gasteiger partial charge in [-0.2, -0.15) is 18.4 Å². The molecular formula is C35H39F5N6O7. The number of hydrogen-bond donors (Lipinski definition) is 3. The number of nitrogens with zero attached hydrogens (tertiary/aromatic N) is 4. The molecule has 2 unspecified atom stereocenters. The van der Waals surface area contributed by atoms with Crippen molar-refractivity contribution >= 4 is 29.7 Å². The van der Waals surface area contributed by atoms with Gasteiger partial charge in [0.05, 0.1) is 36.2 Å². The van der Waals surface area contributed by atoms with Crippen molar-refractivity contribution in [2.45, 2.75) is 43.9 Å². The highest BCUT2D eigenvalue weighted by molar-refractivity contribution is 6.01. The van der Waals surface area contributed by atoms with Crippen LogP contribution in [0.1, 0.15) is 42.9 Å². The number of aliphatic carboxylic acids is 1. The molecule has 53 heavy (non-hydrogen) atoms. The topological polar surface area (TPSA) is 165 Å². The Balaban J connectivity index is 0.000000815. The van der Waals surface area contributed by atoms with Crippen LogP contribution in [0.15, 0.2) is 53.7 Å². The summed E-state index contributed by atoms with van der Waals surface area (Å²) in [7, 11) is 2.51. The Morgan fingerprint density at radius 3 is 2.32 bits per heavy atom. The number of piperidine rings is 2. The average molecular weight is 751 g/mol. The van der Waals surface area contributed by atoms with Crippen molar-refractivity contribution in [3.05, 3.63) is 76.5 Å². The van der Waals surface area contributed by atoms with Gasteiger partial charge in [0.25, 0.3) is 0 Å². The van der Waals surface area contributed by atoms with Crippen LogP contribution in [-0.2, 0) is 19.1 Å². The van der Waals surface area contributed by atoms with Crippen LogP contribution in [-0.4, -0.2) is 105 Å². The van der Waals surface area contributed by atoms with Crippen molar-refractivity contribution in [1.82, 2.24) is 20.4 Å². The number of carboxylic acids is 1. The first-order chi connectivity index (χ1) is 25.2. The molecular weight excluding hydrogens is 711 g/mol. The summed E-state index contributed by atoms with van der Waals surface area (Å²) in [6.45, 7) is 3.50. The molecule has 13 nitrogen and oxygen atoms in total. The summed E-state index contributed by atoms with van der Waals surface area (Å²) >= 11 is 0. The zero-order valence-electron chi connectivity index (χ0n) is 28.9. The highest BCUT2D eigenvalue weighted by atomic mass is 19.4. The van der Waals surface area contributed by atoms with Crippen molar-refractivity contribution in [2.75, 3.05) is 58.5 Å². The lowest BCUT2D eigenvalue weighted by atomic mass is 9.93. The maximum atomic E-state index is 14.4. The smallest absolute Gasteiger partial charge is 0.475 e. The number of halogens is 5. The van der Waals surface area contributed by atoms with Crippen LogP contribution in [0.3, 0.4) is 0 Å². The molecule has 0 spiro atoms. The number of urea groups is 2. The molecule has 2 aromatic rings. The normalized spacial score (nSPS) is 19.8. The monoisotopic (exact) mass is 750 g/mol. The molecule has 0 aromatic heterocycles. The van der Waals surface area contributed by atoms with Gasteiger partial charge in [0.15, 0.2) is 11.6 Å². The summed E-state index contributed by atoms with van der Waals surface area (Å²) in [6.07, 6.45) is -1.34. The molecule has 0 saturated carbocycles. The first-order valence-electron chi connectivity index (χ1n) is 16.6. The lowest BCUT2D eigenvalue weighted by Gasteiger charge is -2.43. The lowest BCUT2D eigenvalue weighted by molar-refractivity contribution is -0.192. The number of alkyl halides is 3. The van der Waals surface area contributed by atoms with Crippen molar-refractivity contribution < 1.29 is 55.7 Å². The van der Waals surface area contributed by atoms with E-state index in [0.29, 0.717) is 11.6 Å². The van der Waals surface area contributed by atoms with E-state index in [9.17, 15) is 41.6 Å². The Morgan fingerprint density at radius 1 is 1.04 bits per heavy atom. The van der Waals surface area contributed by atoms with Crippen LogP contribution in [0.5, 0.6) is 0 Å². The average Bonchev–Trinajstić information content (AvgIpc) is 3.14. The van der Waals surface area contributed by atoms with E-state index in [1.54, 1.807) is 0 Å². The number of rotatable bonds is 8. The molecule has 286 valence electrons. The SMILES string of the molecule is COCC1=C(C(=O)OC)C(c2ccc(F)c(F)c2)N(C(=O)NCC2CCCN(C3CCN(c4ccccc4C#N)CC3)C2)C(=O)N1.O=C(O)C(F)(F)F. The second-order valence-corrected chi connectivity index (χ2v) is 12.5. The maximum Gasteiger partial charge on any atom is 0.490 e. The molecule has 2 saturated heterocycles. The summed E-state index contributed by atoms with van der Waals surface area (Å²) in [5, 5.41) is 22.0. The van der Waals surface area contributed by atoms with Crippen LogP contribution < -0.4 is 15.5 Å². The van der Waals surface area contributed by atoms with E-state index >= 15 is 0 Å². The van der Waals surface area contributed by atoms with E-state index in [-0.39, 0.29) is 35.9 Å². The Bertz CT molecular complexity index is 1740. The number of ether oxygens (including phenoxy) is 2. The van der Waals surface area contributed by atoms with Gasteiger partial charge in [-0.3, -0.25) is 4.90 Å². The van der Waals surface area contributed by atoms with Crippen molar-refractivity contribution in [3.8, 4) is 6.07 Å². The van der Waals surface area contributed by atoms with Crippen molar-refractivity contribution in [1.29, 1.82) is 5.26 Å². The molecule has 4 amide bonds. The number of nitriles is 1. The van der Waals surface area contributed by atoms with Gasteiger partial charge in [-0.15, -0.1) is 0 Å². The number of benzene rings is 2. The van der Waals surface area contributed by atoms with E-state index in [4.69, 9.17) is 19.4 Å². The predicted octanol–water partition coefficient (Wildman–Crippen LogP) is 4.70. The molecule has 18 heteroatoms. The number of nitrogens with one attached hydrogen (secondary N) is 2. The number of anilines is 1. The number of para-hydroxylation sites is 1. The number of imide groups is 1. The number of esters is 1. The zero-order valence-corrected chi connectivity index (χ0v) is 28.9. The van der Waals surface area contributed by atoms with E-state index in [0.717, 1.165) is 81.7 Å². The largest absolute Gasteiger partial charge is 0.490 e. The summed E-state index contributed by atoms with van der Waals surface area (Å²) in [6, 6.07) is 10.2. The standard InChI is InChI=1S/C33H38F2N6O5.C2HF3O2/c1-45-20-27-29(31(42)46-2)30(22-9-10-25(34)26(35)16-22)41(33(44)38-27)32(43)37-18-21-6-5-13-40(19-21)24-11-14-39(15-12-24)28-8-4-3-7-23(28)17-36;3-2(4,5)1(6)7/h3-4,7-10,16,21,24,30H,5-6,11-15,18-20H2,1-2H3,(H,37,43)(H,38,44);(H,6,7). The number of amides is 4. The second kappa shape index (κ2) is 18.0. The third-order valence-electron chi connectivity index (χ3n) is 9.19. The Morgan fingerprint density at radius 2 is 1.72 bits per heavy atom. The molecule has 3 N–H and O–H groups in total. The molecule has 0 bridgehead atoms. The van der Waals surface area contributed by atoms with Gasteiger partial charge in [0.1, 0.15) is 12.1 Å². The number of likely N-dealkylation sites (tertiary alicyclic amines) is 1. The van der Waals surface area contributed by atoms with Gasteiger partial charge < -0.3 is 30.1 Å². The molecule has 0 aliphatic carbocycles. The Kier molecular flexibility index (Phi) is 13.7. The first-order valence-corrected chi connectivity index (χ1v) is 16.6. The van der Waals surface area contributed by atoms with Gasteiger partial charge in [0.2, 0.25) is 0 Å². The van der Waals surface area contributed by atoms with Crippen LogP contribution in [0, 0.1) is 28.9 Å². The van der Waals surface area contributed by atoms with Crippen LogP contribution in [0.2, 0.25) is 0 Å². The quantitative estimate of drug-likeness (QED) is 0.255. The third kappa shape index (κ3) is 9.99. The van der Waals surface area contributed by atoms with Crippen LogP contribution in [0.4, 0.5) is 37.2 Å². The van der Waals surface area contributed by atoms with Gasteiger partial charge in [-0.25, -0.2) is 32.9 Å². The highest BCUT2D eigenvalue weighted by Gasteiger charge is 2.43. The summed E-state index contributed by atoms with van der Waals surface area (Å²) in [4.78, 5) is 54.3. The second-order valence-electron chi connectivity index (χ2n) is 12.5. The van der Waals surface area contributed by atoms with Gasteiger partial charge >= 0.3 is 30.2 Å². The third-order valence-corrected chi connectivity index (χ3v) is 9.19. The minimum Gasteiger partial charge on any atom is -0.475 e. The number of carbonyl (C=O) groups is 4. The molecule has 0 radical (unpaired) electrons. The fraction of sp³-hybridized carbons (Fsp3) is 0.457. The molecule has 3 heterocycles. The molecule has 3 aliphatic rings. The van der Waals surface area contributed by atoms with E-state index in [1.165, 1.54) is 13.2 Å². The fourth-order valence-corrected chi connectivity index (χ4v) is 6.71. The molecule has 2 fully saturated rings. The number of methoxy groups -OCH3 is 2. The molecule has 5 rings (SSSR count). The number of carbonyl (C=O) groups excluding carboxylic acids is 3. The van der Waals surface area contributed by atoms with E-state index < -0.39 is 47.9 Å². The minimum atomic E-state index is -5.08. The fourth-order valence-electron chi connectivity index (χ4n) is 6.71. The maximum absolute atomic E-state index is 14.4. The first kappa shape index (κ1) is 40.5. The van der Waals surface area contributed by atoms with Crippen molar-refractivity contribution in [2.24, 2.45) is 5.92 Å². The van der Waals surface area contributed by atoms with Crippen LogP contribution in [0.25, 0.3) is 0 Å². The number of carboxylic acid groups (broad SMARTS) is 1. The van der Waals surface area contributed by atoms with Crippen molar-refractivity contribution in [3.63, 3.8) is 0 Å². The van der Waals surface area contributed by atoms with Gasteiger partial charge in [0, 0.05) is 39.3 Å². The summed E-state index contributed by atoms with van der Waals surface area (Å²) < 4.78 is 70.1. The molecule has 2 atom stereocenters. The lowest BCUT2D eigenvalue weighted by Crippen LogP contribution is -2.56. The van der Waals surface area contributed by atoms with E-state index in [1.807, 2.05) is 24.3 Å². The number of hydrogen-bond acceptors (Lipinski definition) is 9. The highest BCUT2D eigenvalue weighted by Crippen LogP contribution is 2.35. The van der Waals surface area contributed by atoms with Crippen LogP contribution >= 0.6 is 0 Å². The Hall–Kier alpha value is -5.28. The predicted molar refractivity (Wildman–Crippen MR) is 178 cm³/mol. The summed E-state index contributed by atoms with van der Waals surface area (Å²) in [5.41, 5.74) is 1.59. The zero-order chi connectivity index (χ0) is 38.9. The molecule has 3 aliphatic heterocycles. The van der Waals surface area contributed by atoms with Gasteiger partial charge in [-0.1, -0.05) is 18.2 Å². The minimum absolute atomic E-state index is 0.0190. The summed E-state index contributed by atoms with van der Waals surface area (Å²) in [5.74, 6) is -5.80.